The summed E-state index contributed by atoms with van der Waals surface area (Å²) in [5.41, 5.74) is 7.46. The summed E-state index contributed by atoms with van der Waals surface area (Å²) in [6.07, 6.45) is 4.34. The van der Waals surface area contributed by atoms with Gasteiger partial charge in [0.25, 0.3) is 0 Å². The van der Waals surface area contributed by atoms with Gasteiger partial charge in [-0.25, -0.2) is 0 Å². The second-order valence-electron chi connectivity index (χ2n) is 3.62. The molecular formula is C13H13ClN2O. The molecule has 0 aliphatic rings. The number of nitrogen functional groups attached to an aromatic ring is 1. The second kappa shape index (κ2) is 5.55. The van der Waals surface area contributed by atoms with Crippen LogP contribution in [0.1, 0.15) is 5.56 Å². The minimum Gasteiger partial charge on any atom is -0.490 e. The number of para-hydroxylation sites is 1. The van der Waals surface area contributed by atoms with Crippen LogP contribution in [0.15, 0.2) is 42.7 Å². The van der Waals surface area contributed by atoms with E-state index >= 15 is 0 Å². The molecule has 17 heavy (non-hydrogen) atoms. The summed E-state index contributed by atoms with van der Waals surface area (Å²) in [6.45, 7) is 0.527. The molecule has 2 N–H and O–H groups in total. The van der Waals surface area contributed by atoms with Crippen molar-refractivity contribution >= 4 is 17.3 Å². The lowest BCUT2D eigenvalue weighted by Gasteiger charge is -2.10. The van der Waals surface area contributed by atoms with Gasteiger partial charge in [-0.15, -0.1) is 0 Å². The van der Waals surface area contributed by atoms with Gasteiger partial charge in [0.1, 0.15) is 0 Å². The Kier molecular flexibility index (Phi) is 3.83. The van der Waals surface area contributed by atoms with Crippen molar-refractivity contribution in [3.05, 3.63) is 53.3 Å². The summed E-state index contributed by atoms with van der Waals surface area (Å²) in [4.78, 5) is 4.04. The topological polar surface area (TPSA) is 48.1 Å². The Bertz CT molecular complexity index is 468. The number of nitrogens with zero attached hydrogens (tertiary/aromatic N) is 1. The third-order valence-electron chi connectivity index (χ3n) is 2.36. The Hall–Kier alpha value is -1.74. The Balaban J connectivity index is 1.95. The van der Waals surface area contributed by atoms with Crippen LogP contribution in [-0.4, -0.2) is 11.6 Å². The van der Waals surface area contributed by atoms with E-state index in [-0.39, 0.29) is 0 Å². The number of aromatic nitrogens is 1. The standard InChI is InChI=1S/C13H13ClN2O/c14-11-4-1-5-12(15)13(11)17-8-6-10-3-2-7-16-9-10/h1-5,7,9H,6,8,15H2. The van der Waals surface area contributed by atoms with Gasteiger partial charge < -0.3 is 10.5 Å². The zero-order valence-electron chi connectivity index (χ0n) is 9.27. The van der Waals surface area contributed by atoms with Gasteiger partial charge in [-0.1, -0.05) is 23.7 Å². The number of ether oxygens (including phenoxy) is 1. The third-order valence-corrected chi connectivity index (χ3v) is 2.66. The van der Waals surface area contributed by atoms with Gasteiger partial charge in [-0.3, -0.25) is 4.98 Å². The summed E-state index contributed by atoms with van der Waals surface area (Å²) in [6, 6.07) is 9.24. The van der Waals surface area contributed by atoms with Gasteiger partial charge in [0.15, 0.2) is 5.75 Å². The number of nitrogens with two attached hydrogens (primary N) is 1. The number of hydrogen-bond donors (Lipinski definition) is 1. The average molecular weight is 249 g/mol. The number of anilines is 1. The predicted octanol–water partition coefficient (Wildman–Crippen LogP) is 2.94. The van der Waals surface area contributed by atoms with Gasteiger partial charge in [-0.2, -0.15) is 0 Å². The highest BCUT2D eigenvalue weighted by molar-refractivity contribution is 6.32. The van der Waals surface area contributed by atoms with Crippen LogP contribution in [0.25, 0.3) is 0 Å². The smallest absolute Gasteiger partial charge is 0.160 e. The molecule has 0 bridgehead atoms. The van der Waals surface area contributed by atoms with E-state index in [4.69, 9.17) is 22.1 Å². The molecule has 0 aliphatic heterocycles. The predicted molar refractivity (Wildman–Crippen MR) is 69.3 cm³/mol. The highest BCUT2D eigenvalue weighted by Crippen LogP contribution is 2.30. The lowest BCUT2D eigenvalue weighted by atomic mass is 10.2. The van der Waals surface area contributed by atoms with Crippen LogP contribution < -0.4 is 10.5 Å². The Morgan fingerprint density at radius 2 is 2.12 bits per heavy atom. The normalized spacial score (nSPS) is 10.2. The molecule has 4 heteroatoms. The Labute approximate surface area is 105 Å². The maximum atomic E-state index is 5.99. The van der Waals surface area contributed by atoms with Crippen molar-refractivity contribution in [1.82, 2.24) is 4.98 Å². The van der Waals surface area contributed by atoms with E-state index in [1.165, 1.54) is 0 Å². The van der Waals surface area contributed by atoms with Crippen LogP contribution in [-0.2, 0) is 6.42 Å². The first kappa shape index (κ1) is 11.7. The Morgan fingerprint density at radius 1 is 1.24 bits per heavy atom. The SMILES string of the molecule is Nc1cccc(Cl)c1OCCc1cccnc1. The van der Waals surface area contributed by atoms with Crippen LogP contribution in [0.4, 0.5) is 5.69 Å². The highest BCUT2D eigenvalue weighted by atomic mass is 35.5. The van der Waals surface area contributed by atoms with E-state index in [2.05, 4.69) is 4.98 Å². The van der Waals surface area contributed by atoms with Gasteiger partial charge in [0.2, 0.25) is 0 Å². The number of pyridine rings is 1. The molecule has 0 unspecified atom stereocenters. The first-order chi connectivity index (χ1) is 8.27. The largest absolute Gasteiger partial charge is 0.490 e. The maximum Gasteiger partial charge on any atom is 0.160 e. The zero-order chi connectivity index (χ0) is 12.1. The summed E-state index contributed by atoms with van der Waals surface area (Å²) < 4.78 is 5.59. The second-order valence-corrected chi connectivity index (χ2v) is 4.03. The number of benzene rings is 1. The number of rotatable bonds is 4. The molecule has 1 aromatic carbocycles. The van der Waals surface area contributed by atoms with Crippen LogP contribution >= 0.6 is 11.6 Å². The molecule has 3 nitrogen and oxygen atoms in total. The summed E-state index contributed by atoms with van der Waals surface area (Å²) in [5, 5.41) is 0.538. The fourth-order valence-electron chi connectivity index (χ4n) is 1.49. The summed E-state index contributed by atoms with van der Waals surface area (Å²) in [5.74, 6) is 0.554. The van der Waals surface area contributed by atoms with Crippen LogP contribution in [0, 0.1) is 0 Å². The molecule has 0 saturated carbocycles. The van der Waals surface area contributed by atoms with Crippen molar-refractivity contribution in [1.29, 1.82) is 0 Å². The molecule has 0 fully saturated rings. The fourth-order valence-corrected chi connectivity index (χ4v) is 1.73. The van der Waals surface area contributed by atoms with Crippen molar-refractivity contribution in [2.24, 2.45) is 0 Å². The molecule has 88 valence electrons. The molecule has 1 heterocycles. The molecule has 1 aromatic heterocycles. The van der Waals surface area contributed by atoms with E-state index < -0.39 is 0 Å². The summed E-state index contributed by atoms with van der Waals surface area (Å²) >= 11 is 5.99. The Morgan fingerprint density at radius 3 is 2.82 bits per heavy atom. The minimum atomic E-state index is 0.527. The molecule has 0 spiro atoms. The molecule has 2 aromatic rings. The average Bonchev–Trinajstić information content (AvgIpc) is 2.34. The lowest BCUT2D eigenvalue weighted by Crippen LogP contribution is -2.04. The van der Waals surface area contributed by atoms with Crippen molar-refractivity contribution < 1.29 is 4.74 Å². The van der Waals surface area contributed by atoms with E-state index in [0.717, 1.165) is 12.0 Å². The van der Waals surface area contributed by atoms with Crippen molar-refractivity contribution in [2.45, 2.75) is 6.42 Å². The molecule has 2 rings (SSSR count). The van der Waals surface area contributed by atoms with E-state index in [0.29, 0.717) is 23.1 Å². The molecule has 0 aliphatic carbocycles. The van der Waals surface area contributed by atoms with Gasteiger partial charge >= 0.3 is 0 Å². The number of hydrogen-bond acceptors (Lipinski definition) is 3. The van der Waals surface area contributed by atoms with Crippen LogP contribution in [0.3, 0.4) is 0 Å². The molecule has 0 saturated heterocycles. The maximum absolute atomic E-state index is 5.99. The first-order valence-corrected chi connectivity index (χ1v) is 5.71. The van der Waals surface area contributed by atoms with Crippen molar-refractivity contribution in [2.75, 3.05) is 12.3 Å². The fraction of sp³-hybridized carbons (Fsp3) is 0.154. The number of halogens is 1. The molecule has 0 atom stereocenters. The van der Waals surface area contributed by atoms with Crippen molar-refractivity contribution in [3.8, 4) is 5.75 Å². The lowest BCUT2D eigenvalue weighted by molar-refractivity contribution is 0.323. The van der Waals surface area contributed by atoms with E-state index in [9.17, 15) is 0 Å². The quantitative estimate of drug-likeness (QED) is 0.847. The van der Waals surface area contributed by atoms with Gasteiger partial charge in [0.05, 0.1) is 17.3 Å². The summed E-state index contributed by atoms with van der Waals surface area (Å²) in [7, 11) is 0. The molecule has 0 amide bonds. The van der Waals surface area contributed by atoms with E-state index in [1.807, 2.05) is 18.3 Å². The minimum absolute atomic E-state index is 0.527. The van der Waals surface area contributed by atoms with Crippen molar-refractivity contribution in [3.63, 3.8) is 0 Å². The monoisotopic (exact) mass is 248 g/mol. The highest BCUT2D eigenvalue weighted by Gasteiger charge is 2.05. The zero-order valence-corrected chi connectivity index (χ0v) is 10.0. The molecular weight excluding hydrogens is 236 g/mol. The van der Waals surface area contributed by atoms with Crippen LogP contribution in [0.2, 0.25) is 5.02 Å². The molecule has 0 radical (unpaired) electrons. The van der Waals surface area contributed by atoms with Crippen LogP contribution in [0.5, 0.6) is 5.75 Å². The first-order valence-electron chi connectivity index (χ1n) is 5.33. The van der Waals surface area contributed by atoms with Gasteiger partial charge in [0, 0.05) is 18.8 Å². The third kappa shape index (κ3) is 3.11. The van der Waals surface area contributed by atoms with E-state index in [1.54, 1.807) is 24.4 Å². The van der Waals surface area contributed by atoms with Gasteiger partial charge in [-0.05, 0) is 23.8 Å².